The van der Waals surface area contributed by atoms with Crippen molar-refractivity contribution >= 4 is 35.0 Å². The number of halogens is 8. The minimum atomic E-state index is -6.20. The first kappa shape index (κ1) is 30.5. The Labute approximate surface area is 235 Å². The number of nitrogens with two attached hydrogens (primary N) is 1. The van der Waals surface area contributed by atoms with E-state index in [0.717, 1.165) is 44.1 Å². The van der Waals surface area contributed by atoms with E-state index in [-0.39, 0.29) is 23.6 Å². The molecule has 1 aromatic carbocycles. The monoisotopic (exact) mass is 606 g/mol. The van der Waals surface area contributed by atoms with Crippen LogP contribution in [0, 0.1) is 0 Å². The Kier molecular flexibility index (Phi) is 8.78. The standard InChI is InChI=1S/C25H26ClF7N8/c1-15-14-41(20-18(26)4-2-10-35-20)13-12-40(15)11-3-5-19-37-21(34)39-22(38-19)36-17-8-6-16(7-9-17)23(27,24(28,29)30)25(31,32)33/h2,4,6-10,15H,3,5,11-14H2,1H3,(H3,34,36,37,38,39). The molecule has 3 N–H and O–H groups in total. The van der Waals surface area contributed by atoms with Crippen molar-refractivity contribution in [2.24, 2.45) is 0 Å². The van der Waals surface area contributed by atoms with Crippen molar-refractivity contribution in [3.05, 3.63) is 59.0 Å². The number of aryl methyl sites for hydroxylation is 1. The molecule has 1 aliphatic heterocycles. The van der Waals surface area contributed by atoms with Gasteiger partial charge in [0.1, 0.15) is 11.6 Å². The number of nitrogens with one attached hydrogen (secondary N) is 1. The highest BCUT2D eigenvalue weighted by Gasteiger charge is 2.73. The number of nitrogen functional groups attached to an aromatic ring is 1. The van der Waals surface area contributed by atoms with Gasteiger partial charge in [0.15, 0.2) is 0 Å². The van der Waals surface area contributed by atoms with Gasteiger partial charge in [-0.2, -0.15) is 41.3 Å². The molecule has 4 rings (SSSR count). The maximum absolute atomic E-state index is 14.3. The molecule has 3 heterocycles. The summed E-state index contributed by atoms with van der Waals surface area (Å²) in [5, 5.41) is 3.25. The molecule has 2 aromatic heterocycles. The number of alkyl halides is 7. The van der Waals surface area contributed by atoms with Crippen LogP contribution >= 0.6 is 11.6 Å². The molecule has 0 spiro atoms. The Bertz CT molecular complexity index is 1320. The molecule has 8 nitrogen and oxygen atoms in total. The van der Waals surface area contributed by atoms with Crippen LogP contribution in [0.5, 0.6) is 0 Å². The molecule has 3 aromatic rings. The van der Waals surface area contributed by atoms with Crippen LogP contribution in [-0.4, -0.2) is 69.4 Å². The normalized spacial score (nSPS) is 17.1. The molecule has 1 fully saturated rings. The number of piperazine rings is 1. The molecule has 0 bridgehead atoms. The van der Waals surface area contributed by atoms with Gasteiger partial charge >= 0.3 is 18.0 Å². The zero-order valence-electron chi connectivity index (χ0n) is 21.6. The van der Waals surface area contributed by atoms with Gasteiger partial charge in [-0.3, -0.25) is 4.90 Å². The molecule has 1 atom stereocenters. The fraction of sp³-hybridized carbons (Fsp3) is 0.440. The lowest BCUT2D eigenvalue weighted by Crippen LogP contribution is -2.52. The number of benzene rings is 1. The third-order valence-electron chi connectivity index (χ3n) is 6.67. The smallest absolute Gasteiger partial charge is 0.368 e. The second-order valence-electron chi connectivity index (χ2n) is 9.53. The maximum Gasteiger partial charge on any atom is 0.435 e. The predicted molar refractivity (Wildman–Crippen MR) is 140 cm³/mol. The third kappa shape index (κ3) is 6.72. The quantitative estimate of drug-likeness (QED) is 0.316. The van der Waals surface area contributed by atoms with Gasteiger partial charge in [-0.1, -0.05) is 23.7 Å². The van der Waals surface area contributed by atoms with Gasteiger partial charge in [-0.25, -0.2) is 9.37 Å². The van der Waals surface area contributed by atoms with E-state index in [1.807, 2.05) is 0 Å². The first-order valence-electron chi connectivity index (χ1n) is 12.5. The Morgan fingerprint density at radius 2 is 1.66 bits per heavy atom. The summed E-state index contributed by atoms with van der Waals surface area (Å²) < 4.78 is 92.3. The molecule has 16 heteroatoms. The second-order valence-corrected chi connectivity index (χ2v) is 9.94. The van der Waals surface area contributed by atoms with Crippen molar-refractivity contribution < 1.29 is 30.7 Å². The first-order chi connectivity index (χ1) is 19.2. The van der Waals surface area contributed by atoms with Crippen LogP contribution in [0.15, 0.2) is 42.6 Å². The van der Waals surface area contributed by atoms with Gasteiger partial charge in [0.2, 0.25) is 11.9 Å². The van der Waals surface area contributed by atoms with Crippen LogP contribution < -0.4 is 16.0 Å². The highest BCUT2D eigenvalue weighted by molar-refractivity contribution is 6.32. The zero-order valence-corrected chi connectivity index (χ0v) is 22.4. The number of anilines is 4. The van der Waals surface area contributed by atoms with Crippen LogP contribution in [0.4, 0.5) is 54.1 Å². The lowest BCUT2D eigenvalue weighted by atomic mass is 9.94. The average molecular weight is 607 g/mol. The topological polar surface area (TPSA) is 96.1 Å². The summed E-state index contributed by atoms with van der Waals surface area (Å²) in [6.07, 6.45) is -9.58. The van der Waals surface area contributed by atoms with Crippen LogP contribution in [0.1, 0.15) is 24.7 Å². The molecule has 0 radical (unpaired) electrons. The predicted octanol–water partition coefficient (Wildman–Crippen LogP) is 5.68. The van der Waals surface area contributed by atoms with Crippen molar-refractivity contribution in [2.75, 3.05) is 42.1 Å². The number of aromatic nitrogens is 4. The Balaban J connectivity index is 1.36. The van der Waals surface area contributed by atoms with E-state index in [4.69, 9.17) is 17.3 Å². The van der Waals surface area contributed by atoms with Crippen LogP contribution in [0.3, 0.4) is 0 Å². The molecule has 1 unspecified atom stereocenters. The van der Waals surface area contributed by atoms with Gasteiger partial charge in [0, 0.05) is 49.5 Å². The summed E-state index contributed by atoms with van der Waals surface area (Å²) in [6.45, 7) is 5.14. The SMILES string of the molecule is CC1CN(c2ncccc2Cl)CCN1CCCc1nc(N)nc(Nc2ccc(C(F)(C(F)(F)F)C(F)(F)F)cc2)n1. The summed E-state index contributed by atoms with van der Waals surface area (Å²) in [5.74, 6) is 0.911. The highest BCUT2D eigenvalue weighted by atomic mass is 35.5. The third-order valence-corrected chi connectivity index (χ3v) is 6.96. The number of nitrogens with zero attached hydrogens (tertiary/aromatic N) is 6. The first-order valence-corrected chi connectivity index (χ1v) is 12.9. The zero-order chi connectivity index (χ0) is 30.0. The minimum absolute atomic E-state index is 0.0247. The van der Waals surface area contributed by atoms with Gasteiger partial charge < -0.3 is 16.0 Å². The Morgan fingerprint density at radius 1 is 0.976 bits per heavy atom. The molecule has 41 heavy (non-hydrogen) atoms. The lowest BCUT2D eigenvalue weighted by molar-refractivity contribution is -0.348. The molecular weight excluding hydrogens is 581 g/mol. The van der Waals surface area contributed by atoms with Gasteiger partial charge in [-0.15, -0.1) is 0 Å². The van der Waals surface area contributed by atoms with Crippen molar-refractivity contribution in [3.8, 4) is 0 Å². The molecular formula is C25H26ClF7N8. The van der Waals surface area contributed by atoms with E-state index in [2.05, 4.69) is 42.0 Å². The van der Waals surface area contributed by atoms with E-state index in [1.165, 1.54) is 0 Å². The molecule has 0 saturated carbocycles. The van der Waals surface area contributed by atoms with Gasteiger partial charge in [-0.05, 0) is 44.2 Å². The van der Waals surface area contributed by atoms with Crippen molar-refractivity contribution in [2.45, 2.75) is 43.8 Å². The minimum Gasteiger partial charge on any atom is -0.368 e. The number of pyridine rings is 1. The number of hydrogen-bond acceptors (Lipinski definition) is 8. The van der Waals surface area contributed by atoms with Crippen molar-refractivity contribution in [1.82, 2.24) is 24.8 Å². The van der Waals surface area contributed by atoms with E-state index in [9.17, 15) is 30.7 Å². The summed E-state index contributed by atoms with van der Waals surface area (Å²) in [5.41, 5.74) is -1.32. The Hall–Kier alpha value is -3.46. The molecule has 1 saturated heterocycles. The molecule has 0 amide bonds. The van der Waals surface area contributed by atoms with Crippen LogP contribution in [-0.2, 0) is 12.1 Å². The van der Waals surface area contributed by atoms with E-state index in [0.29, 0.717) is 35.8 Å². The molecule has 1 aliphatic rings. The fourth-order valence-electron chi connectivity index (χ4n) is 4.58. The summed E-state index contributed by atoms with van der Waals surface area (Å²) in [6, 6.07) is 6.33. The highest BCUT2D eigenvalue weighted by Crippen LogP contribution is 2.53. The largest absolute Gasteiger partial charge is 0.435 e. The number of hydrogen-bond donors (Lipinski definition) is 2. The van der Waals surface area contributed by atoms with E-state index >= 15 is 0 Å². The summed E-state index contributed by atoms with van der Waals surface area (Å²) in [7, 11) is 0. The second kappa shape index (κ2) is 11.8. The average Bonchev–Trinajstić information content (AvgIpc) is 2.88. The van der Waals surface area contributed by atoms with Crippen LogP contribution in [0.2, 0.25) is 5.02 Å². The molecule has 222 valence electrons. The van der Waals surface area contributed by atoms with Crippen LogP contribution in [0.25, 0.3) is 0 Å². The van der Waals surface area contributed by atoms with E-state index in [1.54, 1.807) is 18.3 Å². The summed E-state index contributed by atoms with van der Waals surface area (Å²) in [4.78, 5) is 21.1. The lowest BCUT2D eigenvalue weighted by Gasteiger charge is -2.40. The maximum atomic E-state index is 14.3. The fourth-order valence-corrected chi connectivity index (χ4v) is 4.82. The van der Waals surface area contributed by atoms with Crippen molar-refractivity contribution in [1.29, 1.82) is 0 Å². The number of rotatable bonds is 8. The van der Waals surface area contributed by atoms with Crippen molar-refractivity contribution in [3.63, 3.8) is 0 Å². The van der Waals surface area contributed by atoms with E-state index < -0.39 is 23.6 Å². The summed E-state index contributed by atoms with van der Waals surface area (Å²) >= 11 is 6.28. The molecule has 0 aliphatic carbocycles. The Morgan fingerprint density at radius 3 is 2.27 bits per heavy atom. The van der Waals surface area contributed by atoms with Gasteiger partial charge in [0.25, 0.3) is 0 Å². The van der Waals surface area contributed by atoms with Gasteiger partial charge in [0.05, 0.1) is 5.02 Å².